The molecule has 0 spiro atoms. The molecule has 1 saturated heterocycles. The van der Waals surface area contributed by atoms with Gasteiger partial charge in [0.2, 0.25) is 5.91 Å². The van der Waals surface area contributed by atoms with E-state index >= 15 is 0 Å². The van der Waals surface area contributed by atoms with Gasteiger partial charge >= 0.3 is 0 Å². The molecule has 2 aliphatic rings. The minimum absolute atomic E-state index is 0.0798. The summed E-state index contributed by atoms with van der Waals surface area (Å²) in [6, 6.07) is 4.67. The molecule has 1 heterocycles. The number of ether oxygens (including phenoxy) is 1. The molecule has 0 aromatic heterocycles. The number of carbonyl (C=O) groups is 2. The number of hydrogen-bond acceptors (Lipinski definition) is 4. The van der Waals surface area contributed by atoms with Gasteiger partial charge in [0.15, 0.2) is 0 Å². The van der Waals surface area contributed by atoms with E-state index in [0.29, 0.717) is 31.9 Å². The predicted octanol–water partition coefficient (Wildman–Crippen LogP) is 1.88. The first-order valence-corrected chi connectivity index (χ1v) is 8.55. The zero-order chi connectivity index (χ0) is 17.1. The molecule has 0 atom stereocenters. The second-order valence-corrected chi connectivity index (χ2v) is 6.48. The molecule has 1 aromatic rings. The summed E-state index contributed by atoms with van der Waals surface area (Å²) in [5.41, 5.74) is 0.270. The Labute approximate surface area is 142 Å². The number of piperazine rings is 1. The van der Waals surface area contributed by atoms with E-state index in [1.807, 2.05) is 4.90 Å². The van der Waals surface area contributed by atoms with Crippen LogP contribution in [0.4, 0.5) is 0 Å². The van der Waals surface area contributed by atoms with Gasteiger partial charge < -0.3 is 19.6 Å². The van der Waals surface area contributed by atoms with Gasteiger partial charge in [-0.25, -0.2) is 0 Å². The Hall–Kier alpha value is -2.24. The van der Waals surface area contributed by atoms with Crippen molar-refractivity contribution in [3.8, 4) is 11.5 Å². The standard InChI is InChI=1S/C18H24N2O4/c1-24-14-6-7-15(16(21)12-14)18(23)20-10-8-19(9-11-20)17(22)13-4-2-3-5-13/h6-7,12-13,21H,2-5,8-11H2,1H3. The number of phenolic OH excluding ortho intramolecular Hbond substituents is 1. The zero-order valence-corrected chi connectivity index (χ0v) is 14.0. The van der Waals surface area contributed by atoms with Gasteiger partial charge in [-0.3, -0.25) is 9.59 Å². The maximum Gasteiger partial charge on any atom is 0.257 e. The zero-order valence-electron chi connectivity index (χ0n) is 14.0. The first-order chi connectivity index (χ1) is 11.6. The molecule has 6 nitrogen and oxygen atoms in total. The van der Waals surface area contributed by atoms with E-state index < -0.39 is 0 Å². The molecule has 0 radical (unpaired) electrons. The second kappa shape index (κ2) is 7.11. The summed E-state index contributed by atoms with van der Waals surface area (Å²) in [6.45, 7) is 2.14. The van der Waals surface area contributed by atoms with E-state index in [1.165, 1.54) is 13.2 Å². The van der Waals surface area contributed by atoms with E-state index in [1.54, 1.807) is 17.0 Å². The Balaban J connectivity index is 1.60. The van der Waals surface area contributed by atoms with Crippen molar-refractivity contribution in [3.63, 3.8) is 0 Å². The van der Waals surface area contributed by atoms with Crippen LogP contribution < -0.4 is 4.74 Å². The number of carbonyl (C=O) groups excluding carboxylic acids is 2. The average molecular weight is 332 g/mol. The number of phenols is 1. The summed E-state index contributed by atoms with van der Waals surface area (Å²) < 4.78 is 5.04. The summed E-state index contributed by atoms with van der Waals surface area (Å²) >= 11 is 0. The van der Waals surface area contributed by atoms with Gasteiger partial charge in [-0.05, 0) is 25.0 Å². The smallest absolute Gasteiger partial charge is 0.257 e. The van der Waals surface area contributed by atoms with Crippen LogP contribution in [0.15, 0.2) is 18.2 Å². The van der Waals surface area contributed by atoms with Crippen LogP contribution >= 0.6 is 0 Å². The van der Waals surface area contributed by atoms with Crippen LogP contribution in [0.3, 0.4) is 0 Å². The molecule has 1 aliphatic carbocycles. The number of benzene rings is 1. The van der Waals surface area contributed by atoms with Gasteiger partial charge in [-0.15, -0.1) is 0 Å². The van der Waals surface area contributed by atoms with Crippen LogP contribution in [-0.4, -0.2) is 60.0 Å². The fourth-order valence-electron chi connectivity index (χ4n) is 3.55. The Morgan fingerprint density at radius 2 is 1.71 bits per heavy atom. The van der Waals surface area contributed by atoms with Crippen molar-refractivity contribution in [1.82, 2.24) is 9.80 Å². The van der Waals surface area contributed by atoms with Crippen LogP contribution in [0.2, 0.25) is 0 Å². The lowest BCUT2D eigenvalue weighted by Crippen LogP contribution is -2.51. The molecule has 1 aliphatic heterocycles. The van der Waals surface area contributed by atoms with Crippen LogP contribution in [0.5, 0.6) is 11.5 Å². The molecule has 6 heteroatoms. The number of aromatic hydroxyl groups is 1. The average Bonchev–Trinajstić information content (AvgIpc) is 3.15. The van der Waals surface area contributed by atoms with Crippen LogP contribution in [0, 0.1) is 5.92 Å². The third-order valence-corrected chi connectivity index (χ3v) is 5.02. The third-order valence-electron chi connectivity index (χ3n) is 5.02. The first-order valence-electron chi connectivity index (χ1n) is 8.55. The van der Waals surface area contributed by atoms with Crippen molar-refractivity contribution >= 4 is 11.8 Å². The molecule has 3 rings (SSSR count). The SMILES string of the molecule is COc1ccc(C(=O)N2CCN(C(=O)C3CCCC3)CC2)c(O)c1. The normalized spacial score (nSPS) is 18.7. The van der Waals surface area contributed by atoms with Gasteiger partial charge in [-0.2, -0.15) is 0 Å². The van der Waals surface area contributed by atoms with E-state index in [2.05, 4.69) is 0 Å². The van der Waals surface area contributed by atoms with Crippen molar-refractivity contribution in [2.45, 2.75) is 25.7 Å². The summed E-state index contributed by atoms with van der Waals surface area (Å²) in [5, 5.41) is 10.0. The lowest BCUT2D eigenvalue weighted by atomic mass is 10.1. The highest BCUT2D eigenvalue weighted by atomic mass is 16.5. The fraction of sp³-hybridized carbons (Fsp3) is 0.556. The highest BCUT2D eigenvalue weighted by Gasteiger charge is 2.31. The Morgan fingerprint density at radius 1 is 1.08 bits per heavy atom. The maximum absolute atomic E-state index is 12.6. The van der Waals surface area contributed by atoms with Crippen LogP contribution in [-0.2, 0) is 4.79 Å². The quantitative estimate of drug-likeness (QED) is 0.917. The Morgan fingerprint density at radius 3 is 2.29 bits per heavy atom. The number of methoxy groups -OCH3 is 1. The Kier molecular flexibility index (Phi) is 4.92. The van der Waals surface area contributed by atoms with Gasteiger partial charge in [0.05, 0.1) is 12.7 Å². The number of amides is 2. The summed E-state index contributed by atoms with van der Waals surface area (Å²) in [5.74, 6) is 0.646. The molecular weight excluding hydrogens is 308 g/mol. The molecule has 0 bridgehead atoms. The lowest BCUT2D eigenvalue weighted by molar-refractivity contribution is -0.136. The van der Waals surface area contributed by atoms with E-state index in [9.17, 15) is 14.7 Å². The molecule has 24 heavy (non-hydrogen) atoms. The van der Waals surface area contributed by atoms with Crippen LogP contribution in [0.1, 0.15) is 36.0 Å². The summed E-state index contributed by atoms with van der Waals surface area (Å²) in [4.78, 5) is 28.6. The number of hydrogen-bond donors (Lipinski definition) is 1. The van der Waals surface area contributed by atoms with Gasteiger partial charge in [-0.1, -0.05) is 12.8 Å². The molecule has 2 fully saturated rings. The predicted molar refractivity (Wildman–Crippen MR) is 89.1 cm³/mol. The fourth-order valence-corrected chi connectivity index (χ4v) is 3.55. The van der Waals surface area contributed by atoms with Crippen LogP contribution in [0.25, 0.3) is 0 Å². The van der Waals surface area contributed by atoms with Gasteiger partial charge in [0.1, 0.15) is 11.5 Å². The van der Waals surface area contributed by atoms with Crippen molar-refractivity contribution < 1.29 is 19.4 Å². The summed E-state index contributed by atoms with van der Waals surface area (Å²) in [6.07, 6.45) is 4.28. The highest BCUT2D eigenvalue weighted by Crippen LogP contribution is 2.28. The van der Waals surface area contributed by atoms with Gasteiger partial charge in [0.25, 0.3) is 5.91 Å². The maximum atomic E-state index is 12.6. The van der Waals surface area contributed by atoms with Crippen molar-refractivity contribution in [3.05, 3.63) is 23.8 Å². The molecule has 2 amide bonds. The second-order valence-electron chi connectivity index (χ2n) is 6.48. The molecule has 1 saturated carbocycles. The number of rotatable bonds is 3. The van der Waals surface area contributed by atoms with E-state index in [4.69, 9.17) is 4.74 Å². The van der Waals surface area contributed by atoms with E-state index in [0.717, 1.165) is 25.7 Å². The topological polar surface area (TPSA) is 70.1 Å². The van der Waals surface area contributed by atoms with Crippen molar-refractivity contribution in [1.29, 1.82) is 0 Å². The first kappa shape index (κ1) is 16.6. The Bertz CT molecular complexity index is 617. The summed E-state index contributed by atoms with van der Waals surface area (Å²) in [7, 11) is 1.51. The largest absolute Gasteiger partial charge is 0.507 e. The van der Waals surface area contributed by atoms with Gasteiger partial charge in [0, 0.05) is 38.2 Å². The molecular formula is C18H24N2O4. The van der Waals surface area contributed by atoms with Crippen molar-refractivity contribution in [2.24, 2.45) is 5.92 Å². The minimum Gasteiger partial charge on any atom is -0.507 e. The van der Waals surface area contributed by atoms with E-state index in [-0.39, 0.29) is 29.0 Å². The lowest BCUT2D eigenvalue weighted by Gasteiger charge is -2.36. The molecule has 1 N–H and O–H groups in total. The molecule has 130 valence electrons. The molecule has 0 unspecified atom stereocenters. The van der Waals surface area contributed by atoms with Crippen molar-refractivity contribution in [2.75, 3.05) is 33.3 Å². The molecule has 1 aromatic carbocycles. The highest BCUT2D eigenvalue weighted by molar-refractivity contribution is 5.97. The third kappa shape index (κ3) is 3.32. The monoisotopic (exact) mass is 332 g/mol. The number of nitrogens with zero attached hydrogens (tertiary/aromatic N) is 2. The minimum atomic E-state index is -0.205.